The van der Waals surface area contributed by atoms with Crippen LogP contribution in [-0.2, 0) is 0 Å². The van der Waals surface area contributed by atoms with Crippen molar-refractivity contribution in [3.63, 3.8) is 0 Å². The Balaban J connectivity index is 3.95. The van der Waals surface area contributed by atoms with E-state index in [1.807, 2.05) is 0 Å². The van der Waals surface area contributed by atoms with Crippen molar-refractivity contribution >= 4 is 28.9 Å². The molecule has 0 N–H and O–H groups in total. The molecule has 0 amide bonds. The van der Waals surface area contributed by atoms with Gasteiger partial charge in [-0.2, -0.15) is 0 Å². The Bertz CT molecular complexity index is 115. The van der Waals surface area contributed by atoms with Crippen molar-refractivity contribution in [1.82, 2.24) is 0 Å². The van der Waals surface area contributed by atoms with Gasteiger partial charge in [0.25, 0.3) is 6.69 Å². The Morgan fingerprint density at radius 2 is 1.75 bits per heavy atom. The molecule has 0 rings (SSSR count). The molecular weight excluding hydrogens is 207 g/mol. The zero-order valence-electron chi connectivity index (χ0n) is 8.37. The minimum absolute atomic E-state index is 0.603. The zero-order valence-corrected chi connectivity index (χ0v) is 10.9. The van der Waals surface area contributed by atoms with Crippen molar-refractivity contribution in [3.05, 3.63) is 0 Å². The monoisotopic (exact) mass is 226 g/mol. The Morgan fingerprint density at radius 3 is 2.08 bits per heavy atom. The maximum Gasteiger partial charge on any atom is 0.254 e. The molecule has 0 saturated carbocycles. The van der Waals surface area contributed by atoms with Crippen LogP contribution in [-0.4, -0.2) is 6.69 Å². The van der Waals surface area contributed by atoms with Crippen molar-refractivity contribution in [3.8, 4) is 0 Å². The lowest BCUT2D eigenvalue weighted by Crippen LogP contribution is -2.25. The van der Waals surface area contributed by atoms with Gasteiger partial charge in [0.05, 0.1) is 0 Å². The van der Waals surface area contributed by atoms with E-state index < -0.39 is 6.69 Å². The van der Waals surface area contributed by atoms with Gasteiger partial charge in [0.1, 0.15) is 0 Å². The predicted octanol–water partition coefficient (Wildman–Crippen LogP) is 4.90. The highest BCUT2D eigenvalue weighted by molar-refractivity contribution is 7.45. The van der Waals surface area contributed by atoms with Crippen molar-refractivity contribution in [2.45, 2.75) is 58.0 Å². The first-order valence-electron chi connectivity index (χ1n) is 4.96. The summed E-state index contributed by atoms with van der Waals surface area (Å²) >= 11 is 12.7. The van der Waals surface area contributed by atoms with Crippen LogP contribution >= 0.6 is 22.2 Å². The van der Waals surface area contributed by atoms with Crippen LogP contribution in [0.25, 0.3) is 0 Å². The second kappa shape index (κ2) is 6.28. The highest BCUT2D eigenvalue weighted by Gasteiger charge is 2.34. The van der Waals surface area contributed by atoms with Gasteiger partial charge in [-0.1, -0.05) is 46.5 Å². The van der Waals surface area contributed by atoms with Crippen LogP contribution in [0.4, 0.5) is 0 Å². The molecule has 1 unspecified atom stereocenters. The molecule has 0 fully saturated rings. The Labute approximate surface area is 87.1 Å². The molecule has 0 bridgehead atoms. The molecule has 0 heterocycles. The smallest absolute Gasteiger partial charge is 0.146 e. The van der Waals surface area contributed by atoms with E-state index in [0.717, 1.165) is 12.5 Å². The topological polar surface area (TPSA) is 0 Å². The summed E-state index contributed by atoms with van der Waals surface area (Å²) in [6.07, 6.45) is 4.89. The van der Waals surface area contributed by atoms with Gasteiger partial charge in [-0.05, 0) is 11.6 Å². The largest absolute Gasteiger partial charge is 0.254 e. The van der Waals surface area contributed by atoms with Crippen LogP contribution in [0.15, 0.2) is 0 Å². The molecule has 0 aromatic carbocycles. The third-order valence-corrected chi connectivity index (χ3v) is 8.76. The van der Waals surface area contributed by atoms with Crippen LogP contribution in [0.1, 0.15) is 46.5 Å². The summed E-state index contributed by atoms with van der Waals surface area (Å²) in [5.41, 5.74) is 0.603. The Hall–Kier alpha value is 0.797. The first-order valence-corrected chi connectivity index (χ1v) is 9.27. The molecular formula is C9H20Cl2Si. The van der Waals surface area contributed by atoms with Crippen molar-refractivity contribution in [1.29, 1.82) is 0 Å². The first kappa shape index (κ1) is 12.8. The van der Waals surface area contributed by atoms with E-state index in [2.05, 4.69) is 20.8 Å². The van der Waals surface area contributed by atoms with E-state index in [4.69, 9.17) is 22.2 Å². The number of halogens is 2. The van der Waals surface area contributed by atoms with E-state index in [9.17, 15) is 0 Å². The molecule has 3 heteroatoms. The van der Waals surface area contributed by atoms with Gasteiger partial charge in [-0.15, -0.1) is 22.2 Å². The van der Waals surface area contributed by atoms with Gasteiger partial charge in [0.15, 0.2) is 0 Å². The maximum atomic E-state index is 6.33. The second-order valence-corrected chi connectivity index (χ2v) is 11.0. The normalized spacial score (nSPS) is 14.8. The molecule has 0 aliphatic carbocycles. The fraction of sp³-hybridized carbons (Fsp3) is 1.00. The number of hydrogen-bond acceptors (Lipinski definition) is 0. The summed E-state index contributed by atoms with van der Waals surface area (Å²) in [4.78, 5) is 0. The standard InChI is InChI=1S/C9H20Cl2Si/c1-4-7-8-9(5-2)12(10,11)6-3/h9H,4-8H2,1-3H3. The molecule has 12 heavy (non-hydrogen) atoms. The van der Waals surface area contributed by atoms with Crippen molar-refractivity contribution in [2.24, 2.45) is 0 Å². The molecule has 0 spiro atoms. The third-order valence-electron chi connectivity index (χ3n) is 2.47. The maximum absolute atomic E-state index is 6.33. The quantitative estimate of drug-likeness (QED) is 0.447. The third kappa shape index (κ3) is 4.15. The van der Waals surface area contributed by atoms with Crippen LogP contribution in [0.2, 0.25) is 11.6 Å². The van der Waals surface area contributed by atoms with Crippen LogP contribution in [0.3, 0.4) is 0 Å². The zero-order chi connectivity index (χ0) is 9.61. The number of rotatable bonds is 6. The summed E-state index contributed by atoms with van der Waals surface area (Å²) < 4.78 is 0. The molecule has 0 saturated heterocycles. The molecule has 74 valence electrons. The highest BCUT2D eigenvalue weighted by atomic mass is 35.7. The van der Waals surface area contributed by atoms with Crippen LogP contribution in [0, 0.1) is 0 Å². The lowest BCUT2D eigenvalue weighted by Gasteiger charge is -2.25. The van der Waals surface area contributed by atoms with Crippen LogP contribution < -0.4 is 0 Å². The van der Waals surface area contributed by atoms with Gasteiger partial charge >= 0.3 is 0 Å². The van der Waals surface area contributed by atoms with Gasteiger partial charge in [-0.25, -0.2) is 0 Å². The minimum atomic E-state index is -1.90. The van der Waals surface area contributed by atoms with E-state index in [1.165, 1.54) is 19.3 Å². The second-order valence-electron chi connectivity index (χ2n) is 3.36. The van der Waals surface area contributed by atoms with E-state index in [1.54, 1.807) is 0 Å². The Morgan fingerprint density at radius 1 is 1.17 bits per heavy atom. The van der Waals surface area contributed by atoms with Crippen LogP contribution in [0.5, 0.6) is 0 Å². The average Bonchev–Trinajstić information content (AvgIpc) is 2.05. The SMILES string of the molecule is CCCCC(CC)[Si](Cl)(Cl)CC. The minimum Gasteiger partial charge on any atom is -0.146 e. The van der Waals surface area contributed by atoms with Crippen molar-refractivity contribution in [2.75, 3.05) is 0 Å². The molecule has 0 nitrogen and oxygen atoms in total. The van der Waals surface area contributed by atoms with E-state index in [0.29, 0.717) is 5.54 Å². The molecule has 1 atom stereocenters. The fourth-order valence-electron chi connectivity index (χ4n) is 1.45. The number of unbranched alkanes of at least 4 members (excludes halogenated alkanes) is 1. The number of hydrogen-bond donors (Lipinski definition) is 0. The van der Waals surface area contributed by atoms with E-state index >= 15 is 0 Å². The average molecular weight is 227 g/mol. The highest BCUT2D eigenvalue weighted by Crippen LogP contribution is 2.39. The van der Waals surface area contributed by atoms with E-state index in [-0.39, 0.29) is 0 Å². The predicted molar refractivity (Wildman–Crippen MR) is 61.5 cm³/mol. The van der Waals surface area contributed by atoms with Gasteiger partial charge in [0.2, 0.25) is 0 Å². The van der Waals surface area contributed by atoms with Gasteiger partial charge in [-0.3, -0.25) is 0 Å². The van der Waals surface area contributed by atoms with Gasteiger partial charge < -0.3 is 0 Å². The fourth-order valence-corrected chi connectivity index (χ4v) is 4.83. The lowest BCUT2D eigenvalue weighted by atomic mass is 10.2. The summed E-state index contributed by atoms with van der Waals surface area (Å²) in [7, 11) is 0. The molecule has 0 aromatic heterocycles. The van der Waals surface area contributed by atoms with Gasteiger partial charge in [0, 0.05) is 0 Å². The molecule has 0 aliphatic heterocycles. The molecule has 0 aromatic rings. The first-order chi connectivity index (χ1) is 5.58. The molecule has 0 radical (unpaired) electrons. The summed E-state index contributed by atoms with van der Waals surface area (Å²) in [5, 5.41) is 0. The Kier molecular flexibility index (Phi) is 6.70. The molecule has 0 aliphatic rings. The van der Waals surface area contributed by atoms with Crippen molar-refractivity contribution < 1.29 is 0 Å². The summed E-state index contributed by atoms with van der Waals surface area (Å²) in [5.74, 6) is 0. The lowest BCUT2D eigenvalue weighted by molar-refractivity contribution is 0.644. The summed E-state index contributed by atoms with van der Waals surface area (Å²) in [6.45, 7) is 4.62. The summed E-state index contributed by atoms with van der Waals surface area (Å²) in [6, 6.07) is 0.984.